The fourth-order valence-electron chi connectivity index (χ4n) is 0.894. The van der Waals surface area contributed by atoms with Gasteiger partial charge in [-0.15, -0.1) is 6.58 Å². The standard InChI is InChI=1S/C10H17N/c1-8(2)6-9(7-11)10(3,4)5/h9H,1,6H2,2-5H3. The van der Waals surface area contributed by atoms with Crippen LogP contribution in [-0.4, -0.2) is 0 Å². The molecule has 1 atom stereocenters. The Morgan fingerprint density at radius 2 is 2.00 bits per heavy atom. The highest BCUT2D eigenvalue weighted by Crippen LogP contribution is 2.29. The van der Waals surface area contributed by atoms with E-state index in [1.165, 1.54) is 0 Å². The summed E-state index contributed by atoms with van der Waals surface area (Å²) in [7, 11) is 0. The van der Waals surface area contributed by atoms with E-state index in [4.69, 9.17) is 5.26 Å². The molecule has 0 aromatic heterocycles. The molecule has 0 radical (unpaired) electrons. The van der Waals surface area contributed by atoms with Gasteiger partial charge in [0.2, 0.25) is 0 Å². The summed E-state index contributed by atoms with van der Waals surface area (Å²) in [5.41, 5.74) is 1.17. The quantitative estimate of drug-likeness (QED) is 0.556. The minimum atomic E-state index is 0.0771. The Kier molecular flexibility index (Phi) is 3.32. The Morgan fingerprint density at radius 1 is 1.55 bits per heavy atom. The molecule has 0 amide bonds. The second kappa shape index (κ2) is 3.57. The van der Waals surface area contributed by atoms with Gasteiger partial charge < -0.3 is 0 Å². The Bertz CT molecular complexity index is 178. The first kappa shape index (κ1) is 10.2. The van der Waals surface area contributed by atoms with Crippen molar-refractivity contribution in [3.05, 3.63) is 12.2 Å². The first-order valence-electron chi connectivity index (χ1n) is 3.92. The van der Waals surface area contributed by atoms with Crippen molar-refractivity contribution in [2.75, 3.05) is 0 Å². The maximum Gasteiger partial charge on any atom is 0.0664 e. The van der Waals surface area contributed by atoms with Gasteiger partial charge in [0.05, 0.1) is 12.0 Å². The van der Waals surface area contributed by atoms with Gasteiger partial charge in [-0.1, -0.05) is 26.3 Å². The van der Waals surface area contributed by atoms with Crippen molar-refractivity contribution in [3.8, 4) is 6.07 Å². The van der Waals surface area contributed by atoms with Crippen LogP contribution in [0.2, 0.25) is 0 Å². The molecule has 0 spiro atoms. The van der Waals surface area contributed by atoms with Crippen LogP contribution in [0.3, 0.4) is 0 Å². The summed E-state index contributed by atoms with van der Waals surface area (Å²) in [6, 6.07) is 2.31. The smallest absolute Gasteiger partial charge is 0.0664 e. The van der Waals surface area contributed by atoms with Gasteiger partial charge in [-0.2, -0.15) is 5.26 Å². The molecule has 0 saturated carbocycles. The highest BCUT2D eigenvalue weighted by molar-refractivity contribution is 5.01. The van der Waals surface area contributed by atoms with Crippen molar-refractivity contribution in [2.24, 2.45) is 11.3 Å². The highest BCUT2D eigenvalue weighted by atomic mass is 14.3. The lowest BCUT2D eigenvalue weighted by Gasteiger charge is -2.24. The number of nitriles is 1. The van der Waals surface area contributed by atoms with E-state index in [1.54, 1.807) is 0 Å². The highest BCUT2D eigenvalue weighted by Gasteiger charge is 2.23. The molecule has 0 aliphatic heterocycles. The van der Waals surface area contributed by atoms with E-state index >= 15 is 0 Å². The Labute approximate surface area is 69.7 Å². The molecule has 0 heterocycles. The van der Waals surface area contributed by atoms with Crippen LogP contribution in [0.5, 0.6) is 0 Å². The van der Waals surface area contributed by atoms with Crippen LogP contribution in [0.4, 0.5) is 0 Å². The van der Waals surface area contributed by atoms with Crippen molar-refractivity contribution in [2.45, 2.75) is 34.1 Å². The van der Waals surface area contributed by atoms with Gasteiger partial charge in [-0.05, 0) is 18.8 Å². The first-order valence-corrected chi connectivity index (χ1v) is 3.92. The maximum absolute atomic E-state index is 8.82. The van der Waals surface area contributed by atoms with Gasteiger partial charge >= 0.3 is 0 Å². The van der Waals surface area contributed by atoms with E-state index in [0.29, 0.717) is 0 Å². The number of allylic oxidation sites excluding steroid dienone is 1. The van der Waals surface area contributed by atoms with Crippen LogP contribution in [0.25, 0.3) is 0 Å². The van der Waals surface area contributed by atoms with Crippen LogP contribution >= 0.6 is 0 Å². The summed E-state index contributed by atoms with van der Waals surface area (Å²) in [4.78, 5) is 0. The molecule has 0 bridgehead atoms. The van der Waals surface area contributed by atoms with Crippen LogP contribution in [0.15, 0.2) is 12.2 Å². The summed E-state index contributed by atoms with van der Waals surface area (Å²) in [5, 5.41) is 8.82. The number of hydrogen-bond donors (Lipinski definition) is 0. The zero-order valence-corrected chi connectivity index (χ0v) is 7.94. The molecule has 0 rings (SSSR count). The van der Waals surface area contributed by atoms with Gasteiger partial charge in [-0.25, -0.2) is 0 Å². The number of nitrogens with zero attached hydrogens (tertiary/aromatic N) is 1. The molecule has 0 fully saturated rings. The second-order valence-electron chi connectivity index (χ2n) is 4.21. The maximum atomic E-state index is 8.82. The van der Waals surface area contributed by atoms with Crippen molar-refractivity contribution in [1.82, 2.24) is 0 Å². The van der Waals surface area contributed by atoms with Crippen molar-refractivity contribution in [3.63, 3.8) is 0 Å². The van der Waals surface area contributed by atoms with E-state index in [9.17, 15) is 0 Å². The predicted octanol–water partition coefficient (Wildman–Crippen LogP) is 3.14. The molecule has 0 aromatic carbocycles. The minimum absolute atomic E-state index is 0.0771. The fraction of sp³-hybridized carbons (Fsp3) is 0.700. The third-order valence-electron chi connectivity index (χ3n) is 1.75. The van der Waals surface area contributed by atoms with Crippen molar-refractivity contribution < 1.29 is 0 Å². The second-order valence-corrected chi connectivity index (χ2v) is 4.21. The zero-order valence-electron chi connectivity index (χ0n) is 7.94. The Hall–Kier alpha value is -0.770. The average Bonchev–Trinajstić information content (AvgIpc) is 1.79. The van der Waals surface area contributed by atoms with Crippen molar-refractivity contribution >= 4 is 0 Å². The lowest BCUT2D eigenvalue weighted by molar-refractivity contribution is 0.299. The Balaban J connectivity index is 4.22. The summed E-state index contributed by atoms with van der Waals surface area (Å²) < 4.78 is 0. The first-order chi connectivity index (χ1) is 4.88. The zero-order chi connectivity index (χ0) is 9.07. The lowest BCUT2D eigenvalue weighted by Crippen LogP contribution is -2.18. The van der Waals surface area contributed by atoms with E-state index in [2.05, 4.69) is 33.4 Å². The molecular formula is C10H17N. The van der Waals surface area contributed by atoms with E-state index in [0.717, 1.165) is 12.0 Å². The van der Waals surface area contributed by atoms with Crippen molar-refractivity contribution in [1.29, 1.82) is 5.26 Å². The largest absolute Gasteiger partial charge is 0.198 e. The van der Waals surface area contributed by atoms with Crippen LogP contribution < -0.4 is 0 Å². The molecule has 0 aliphatic rings. The summed E-state index contributed by atoms with van der Waals surface area (Å²) in [5.74, 6) is 0.0972. The molecule has 0 saturated heterocycles. The van der Waals surface area contributed by atoms with Crippen LogP contribution in [0, 0.1) is 22.7 Å². The monoisotopic (exact) mass is 151 g/mol. The van der Waals surface area contributed by atoms with Crippen LogP contribution in [0.1, 0.15) is 34.1 Å². The fourth-order valence-corrected chi connectivity index (χ4v) is 0.894. The number of hydrogen-bond acceptors (Lipinski definition) is 1. The van der Waals surface area contributed by atoms with Gasteiger partial charge in [0.1, 0.15) is 0 Å². The van der Waals surface area contributed by atoms with Gasteiger partial charge in [0.25, 0.3) is 0 Å². The van der Waals surface area contributed by atoms with E-state index < -0.39 is 0 Å². The van der Waals surface area contributed by atoms with Gasteiger partial charge in [0.15, 0.2) is 0 Å². The predicted molar refractivity (Wildman–Crippen MR) is 48.0 cm³/mol. The average molecular weight is 151 g/mol. The molecule has 0 aromatic rings. The Morgan fingerprint density at radius 3 is 2.09 bits per heavy atom. The summed E-state index contributed by atoms with van der Waals surface area (Å²) in [6.07, 6.45) is 0.819. The van der Waals surface area contributed by atoms with Gasteiger partial charge in [-0.3, -0.25) is 0 Å². The SMILES string of the molecule is C=C(C)CC(C#N)C(C)(C)C. The molecule has 1 nitrogen and oxygen atoms in total. The lowest BCUT2D eigenvalue weighted by atomic mass is 9.78. The third kappa shape index (κ3) is 3.83. The minimum Gasteiger partial charge on any atom is -0.198 e. The third-order valence-corrected chi connectivity index (χ3v) is 1.75. The topological polar surface area (TPSA) is 23.8 Å². The molecule has 11 heavy (non-hydrogen) atoms. The summed E-state index contributed by atoms with van der Waals surface area (Å²) >= 11 is 0. The molecular weight excluding hydrogens is 134 g/mol. The molecule has 0 N–H and O–H groups in total. The molecule has 62 valence electrons. The molecule has 0 aliphatic carbocycles. The van der Waals surface area contributed by atoms with Crippen LogP contribution in [-0.2, 0) is 0 Å². The van der Waals surface area contributed by atoms with E-state index in [1.807, 2.05) is 6.92 Å². The van der Waals surface area contributed by atoms with Gasteiger partial charge in [0, 0.05) is 0 Å². The molecule has 1 unspecified atom stereocenters. The molecule has 1 heteroatoms. The summed E-state index contributed by atoms with van der Waals surface area (Å²) in [6.45, 7) is 12.0. The number of rotatable bonds is 2. The normalized spacial score (nSPS) is 13.7. The van der Waals surface area contributed by atoms with E-state index in [-0.39, 0.29) is 11.3 Å².